The topological polar surface area (TPSA) is 72.6 Å². The third-order valence-corrected chi connectivity index (χ3v) is 4.43. The smallest absolute Gasteiger partial charge is 0.260 e. The number of Topliss-reactive ketones (excluding diaryl/α,β-unsaturated/α-hetero) is 1. The van der Waals surface area contributed by atoms with Crippen LogP contribution in [0.3, 0.4) is 0 Å². The molecule has 2 rings (SSSR count). The number of hydrogen-bond acceptors (Lipinski definition) is 4. The number of piperidine rings is 1. The molecule has 0 spiro atoms. The van der Waals surface area contributed by atoms with Crippen molar-refractivity contribution < 1.29 is 14.3 Å². The maximum atomic E-state index is 12.4. The minimum atomic E-state index is -0.0268. The Bertz CT molecular complexity index is 542. The summed E-state index contributed by atoms with van der Waals surface area (Å²) >= 11 is 0. The van der Waals surface area contributed by atoms with Crippen molar-refractivity contribution in [2.24, 2.45) is 11.7 Å². The first kappa shape index (κ1) is 17.5. The van der Waals surface area contributed by atoms with Crippen LogP contribution in [0.25, 0.3) is 0 Å². The Labute approximate surface area is 137 Å². The van der Waals surface area contributed by atoms with Gasteiger partial charge in [-0.1, -0.05) is 13.8 Å². The number of hydrogen-bond donors (Lipinski definition) is 1. The third-order valence-electron chi connectivity index (χ3n) is 4.43. The van der Waals surface area contributed by atoms with Crippen LogP contribution < -0.4 is 10.5 Å². The maximum Gasteiger partial charge on any atom is 0.260 e. The number of nitrogens with two attached hydrogens (primary N) is 1. The van der Waals surface area contributed by atoms with Gasteiger partial charge in [0.05, 0.1) is 0 Å². The van der Waals surface area contributed by atoms with Crippen molar-refractivity contribution in [3.8, 4) is 5.75 Å². The lowest BCUT2D eigenvalue weighted by Crippen LogP contribution is -2.50. The highest BCUT2D eigenvalue weighted by Crippen LogP contribution is 2.22. The molecule has 0 radical (unpaired) electrons. The van der Waals surface area contributed by atoms with Crippen LogP contribution in [0.5, 0.6) is 5.75 Å². The van der Waals surface area contributed by atoms with Crippen LogP contribution in [0.4, 0.5) is 0 Å². The average Bonchev–Trinajstić information content (AvgIpc) is 2.59. The van der Waals surface area contributed by atoms with Gasteiger partial charge in [-0.25, -0.2) is 0 Å². The molecule has 2 unspecified atom stereocenters. The molecule has 0 saturated carbocycles. The summed E-state index contributed by atoms with van der Waals surface area (Å²) in [6.07, 6.45) is 2.44. The molecule has 1 aliphatic heterocycles. The summed E-state index contributed by atoms with van der Waals surface area (Å²) in [5.41, 5.74) is 6.46. The van der Waals surface area contributed by atoms with Crippen molar-refractivity contribution in [1.29, 1.82) is 0 Å². The van der Waals surface area contributed by atoms with Gasteiger partial charge in [-0.05, 0) is 43.0 Å². The Morgan fingerprint density at radius 3 is 2.61 bits per heavy atom. The minimum Gasteiger partial charge on any atom is -0.484 e. The van der Waals surface area contributed by atoms with E-state index >= 15 is 0 Å². The minimum absolute atomic E-state index is 0.00590. The first-order valence-corrected chi connectivity index (χ1v) is 8.30. The summed E-state index contributed by atoms with van der Waals surface area (Å²) in [6.45, 7) is 5.27. The molecule has 5 heteroatoms. The first-order valence-electron chi connectivity index (χ1n) is 8.30. The monoisotopic (exact) mass is 318 g/mol. The molecule has 1 heterocycles. The van der Waals surface area contributed by atoms with E-state index in [2.05, 4.69) is 6.92 Å². The molecule has 5 nitrogen and oxygen atoms in total. The molecule has 2 N–H and O–H groups in total. The lowest BCUT2D eigenvalue weighted by molar-refractivity contribution is -0.137. The van der Waals surface area contributed by atoms with Crippen LogP contribution in [-0.2, 0) is 4.79 Å². The Hall–Kier alpha value is -1.88. The summed E-state index contributed by atoms with van der Waals surface area (Å²) in [5, 5.41) is 0. The number of carbonyl (C=O) groups excluding carboxylic acids is 2. The molecular formula is C18H26N2O3. The van der Waals surface area contributed by atoms with Crippen molar-refractivity contribution in [1.82, 2.24) is 4.90 Å². The normalized spacial score (nSPS) is 21.1. The summed E-state index contributed by atoms with van der Waals surface area (Å²) in [6, 6.07) is 7.04. The second kappa shape index (κ2) is 8.11. The summed E-state index contributed by atoms with van der Waals surface area (Å²) in [4.78, 5) is 25.8. The molecule has 0 aromatic heterocycles. The zero-order valence-corrected chi connectivity index (χ0v) is 14.0. The molecule has 23 heavy (non-hydrogen) atoms. The van der Waals surface area contributed by atoms with Gasteiger partial charge in [0.2, 0.25) is 0 Å². The Morgan fingerprint density at radius 1 is 1.30 bits per heavy atom. The van der Waals surface area contributed by atoms with Crippen LogP contribution in [0.1, 0.15) is 43.5 Å². The number of benzene rings is 1. The van der Waals surface area contributed by atoms with Crippen molar-refractivity contribution >= 4 is 11.7 Å². The van der Waals surface area contributed by atoms with E-state index < -0.39 is 0 Å². The second-order valence-electron chi connectivity index (χ2n) is 6.20. The van der Waals surface area contributed by atoms with E-state index in [1.54, 1.807) is 24.3 Å². The largest absolute Gasteiger partial charge is 0.484 e. The van der Waals surface area contributed by atoms with E-state index in [0.29, 0.717) is 30.2 Å². The lowest BCUT2D eigenvalue weighted by Gasteiger charge is -2.37. The Balaban J connectivity index is 1.89. The fraction of sp³-hybridized carbons (Fsp3) is 0.556. The van der Waals surface area contributed by atoms with Crippen LogP contribution in [-0.4, -0.2) is 42.3 Å². The van der Waals surface area contributed by atoms with Gasteiger partial charge in [0.1, 0.15) is 5.75 Å². The summed E-state index contributed by atoms with van der Waals surface area (Å²) in [5.74, 6) is 1.28. The van der Waals surface area contributed by atoms with Crippen LogP contribution in [0.2, 0.25) is 0 Å². The number of likely N-dealkylation sites (tertiary alicyclic amines) is 1. The van der Waals surface area contributed by atoms with Crippen LogP contribution >= 0.6 is 0 Å². The number of rotatable bonds is 6. The second-order valence-corrected chi connectivity index (χ2v) is 6.20. The number of carbonyl (C=O) groups is 2. The Kier molecular flexibility index (Phi) is 6.16. The van der Waals surface area contributed by atoms with Gasteiger partial charge in [-0.3, -0.25) is 9.59 Å². The molecule has 1 saturated heterocycles. The van der Waals surface area contributed by atoms with Crippen molar-refractivity contribution in [2.45, 2.75) is 39.2 Å². The predicted molar refractivity (Wildman–Crippen MR) is 89.5 cm³/mol. The highest BCUT2D eigenvalue weighted by molar-refractivity contribution is 5.95. The third kappa shape index (κ3) is 4.55. The van der Waals surface area contributed by atoms with E-state index in [9.17, 15) is 9.59 Å². The van der Waals surface area contributed by atoms with Crippen LogP contribution in [0.15, 0.2) is 24.3 Å². The first-order chi connectivity index (χ1) is 11.0. The maximum absolute atomic E-state index is 12.4. The SMILES string of the molecule is CCC(=O)c1ccc(OCC(=O)N2CCC(C)CC2CN)cc1. The number of nitrogens with zero attached hydrogens (tertiary/aromatic N) is 1. The van der Waals surface area contributed by atoms with Gasteiger partial charge in [0.25, 0.3) is 5.91 Å². The molecule has 1 aliphatic rings. The van der Waals surface area contributed by atoms with Crippen molar-refractivity contribution in [3.05, 3.63) is 29.8 Å². The Morgan fingerprint density at radius 2 is 2.00 bits per heavy atom. The highest BCUT2D eigenvalue weighted by atomic mass is 16.5. The van der Waals surface area contributed by atoms with Crippen LogP contribution in [0, 0.1) is 5.92 Å². The molecule has 1 aromatic rings. The van der Waals surface area contributed by atoms with Gasteiger partial charge in [0.15, 0.2) is 12.4 Å². The van der Waals surface area contributed by atoms with E-state index in [1.165, 1.54) is 0 Å². The summed E-state index contributed by atoms with van der Waals surface area (Å²) in [7, 11) is 0. The standard InChI is InChI=1S/C18H26N2O3/c1-3-17(21)14-4-6-16(7-5-14)23-12-18(22)20-9-8-13(2)10-15(20)11-19/h4-7,13,15H,3,8-12,19H2,1-2H3. The highest BCUT2D eigenvalue weighted by Gasteiger charge is 2.28. The van der Waals surface area contributed by atoms with E-state index in [4.69, 9.17) is 10.5 Å². The number of ketones is 1. The number of amides is 1. The zero-order valence-electron chi connectivity index (χ0n) is 14.0. The molecular weight excluding hydrogens is 292 g/mol. The van der Waals surface area contributed by atoms with Crippen molar-refractivity contribution in [3.63, 3.8) is 0 Å². The van der Waals surface area contributed by atoms with E-state index in [-0.39, 0.29) is 24.3 Å². The molecule has 1 amide bonds. The number of ether oxygens (including phenoxy) is 1. The molecule has 126 valence electrons. The predicted octanol–water partition coefficient (Wildman–Crippen LogP) is 2.24. The average molecular weight is 318 g/mol. The van der Waals surface area contributed by atoms with Gasteiger partial charge in [-0.15, -0.1) is 0 Å². The molecule has 1 aromatic carbocycles. The zero-order chi connectivity index (χ0) is 16.8. The van der Waals surface area contributed by atoms with Gasteiger partial charge >= 0.3 is 0 Å². The lowest BCUT2D eigenvalue weighted by atomic mass is 9.92. The quantitative estimate of drug-likeness (QED) is 0.817. The molecule has 0 bridgehead atoms. The van der Waals surface area contributed by atoms with Gasteiger partial charge in [0, 0.05) is 31.1 Å². The van der Waals surface area contributed by atoms with E-state index in [0.717, 1.165) is 19.4 Å². The molecule has 0 aliphatic carbocycles. The van der Waals surface area contributed by atoms with Crippen molar-refractivity contribution in [2.75, 3.05) is 19.7 Å². The van der Waals surface area contributed by atoms with Gasteiger partial charge < -0.3 is 15.4 Å². The fourth-order valence-corrected chi connectivity index (χ4v) is 2.97. The van der Waals surface area contributed by atoms with Gasteiger partial charge in [-0.2, -0.15) is 0 Å². The molecule has 2 atom stereocenters. The summed E-state index contributed by atoms with van der Waals surface area (Å²) < 4.78 is 5.57. The fourth-order valence-electron chi connectivity index (χ4n) is 2.97. The van der Waals surface area contributed by atoms with E-state index in [1.807, 2.05) is 11.8 Å². The molecule has 1 fully saturated rings.